The molecule has 3 aromatic rings. The predicted octanol–water partition coefficient (Wildman–Crippen LogP) is 3.47. The number of aromatic nitrogens is 2. The third-order valence-corrected chi connectivity index (χ3v) is 4.42. The van der Waals surface area contributed by atoms with Gasteiger partial charge in [0, 0.05) is 24.6 Å². The van der Waals surface area contributed by atoms with Crippen LogP contribution in [0.15, 0.2) is 42.5 Å². The summed E-state index contributed by atoms with van der Waals surface area (Å²) < 4.78 is 26.3. The van der Waals surface area contributed by atoms with E-state index in [9.17, 15) is 13.6 Å². The number of H-pyrrole nitrogens is 1. The van der Waals surface area contributed by atoms with Gasteiger partial charge >= 0.3 is 0 Å². The maximum absolute atomic E-state index is 13.3. The number of hydrogen-bond donors (Lipinski definition) is 1. The van der Waals surface area contributed by atoms with E-state index in [1.807, 2.05) is 0 Å². The van der Waals surface area contributed by atoms with Crippen LogP contribution in [0, 0.1) is 11.6 Å². The predicted molar refractivity (Wildman–Crippen MR) is 85.7 cm³/mol. The highest BCUT2D eigenvalue weighted by Gasteiger charge is 2.29. The molecule has 0 radical (unpaired) electrons. The smallest absolute Gasteiger partial charge is 0.253 e. The van der Waals surface area contributed by atoms with Gasteiger partial charge < -0.3 is 9.88 Å². The van der Waals surface area contributed by atoms with Crippen LogP contribution >= 0.6 is 0 Å². The molecule has 2 heterocycles. The fourth-order valence-electron chi connectivity index (χ4n) is 3.14. The van der Waals surface area contributed by atoms with Crippen molar-refractivity contribution in [2.24, 2.45) is 0 Å². The second-order valence-electron chi connectivity index (χ2n) is 6.03. The van der Waals surface area contributed by atoms with Gasteiger partial charge in [-0.1, -0.05) is 0 Å². The van der Waals surface area contributed by atoms with E-state index >= 15 is 0 Å². The van der Waals surface area contributed by atoms with Crippen LogP contribution in [0.25, 0.3) is 11.0 Å². The number of halogens is 2. The van der Waals surface area contributed by atoms with Crippen LogP contribution in [-0.2, 0) is 0 Å². The molecule has 1 N–H and O–H groups in total. The second kappa shape index (κ2) is 5.70. The summed E-state index contributed by atoms with van der Waals surface area (Å²) in [5.74, 6) is 0.0760. The number of carbonyl (C=O) groups is 1. The first kappa shape index (κ1) is 14.8. The van der Waals surface area contributed by atoms with Crippen LogP contribution in [-0.4, -0.2) is 33.9 Å². The molecular formula is C18H15F2N3O. The molecule has 1 aliphatic heterocycles. The van der Waals surface area contributed by atoms with Gasteiger partial charge in [-0.3, -0.25) is 4.79 Å². The molecule has 0 aliphatic carbocycles. The summed E-state index contributed by atoms with van der Waals surface area (Å²) >= 11 is 0. The normalized spacial score (nSPS) is 17.6. The summed E-state index contributed by atoms with van der Waals surface area (Å²) in [6.07, 6.45) is 0.787. The van der Waals surface area contributed by atoms with E-state index in [-0.39, 0.29) is 23.5 Å². The summed E-state index contributed by atoms with van der Waals surface area (Å²) in [5.41, 5.74) is 1.85. The molecule has 6 heteroatoms. The van der Waals surface area contributed by atoms with Crippen molar-refractivity contribution in [2.75, 3.05) is 13.1 Å². The fourth-order valence-corrected chi connectivity index (χ4v) is 3.14. The van der Waals surface area contributed by atoms with Gasteiger partial charge in [-0.25, -0.2) is 13.8 Å². The maximum Gasteiger partial charge on any atom is 0.253 e. The quantitative estimate of drug-likeness (QED) is 0.783. The minimum Gasteiger partial charge on any atom is -0.342 e. The average molecular weight is 327 g/mol. The Labute approximate surface area is 137 Å². The third kappa shape index (κ3) is 2.64. The first-order chi connectivity index (χ1) is 11.6. The SMILES string of the molecule is O=C(c1ccc(F)cc1)N1CCC(c2nc3ccc(F)cc3[nH]2)C1. The van der Waals surface area contributed by atoms with Gasteiger partial charge in [0.15, 0.2) is 0 Å². The van der Waals surface area contributed by atoms with Crippen molar-refractivity contribution in [1.29, 1.82) is 0 Å². The number of hydrogen-bond acceptors (Lipinski definition) is 2. The highest BCUT2D eigenvalue weighted by Crippen LogP contribution is 2.28. The van der Waals surface area contributed by atoms with E-state index in [1.165, 1.54) is 36.4 Å². The lowest BCUT2D eigenvalue weighted by molar-refractivity contribution is 0.0790. The van der Waals surface area contributed by atoms with Crippen LogP contribution in [0.3, 0.4) is 0 Å². The molecule has 4 rings (SSSR count). The van der Waals surface area contributed by atoms with Gasteiger partial charge in [-0.05, 0) is 48.9 Å². The number of amides is 1. The lowest BCUT2D eigenvalue weighted by atomic mass is 10.1. The Balaban J connectivity index is 1.52. The number of nitrogens with zero attached hydrogens (tertiary/aromatic N) is 2. The Kier molecular flexibility index (Phi) is 3.52. The molecule has 0 bridgehead atoms. The zero-order valence-electron chi connectivity index (χ0n) is 12.8. The number of nitrogens with one attached hydrogen (secondary N) is 1. The molecule has 1 unspecified atom stereocenters. The first-order valence-electron chi connectivity index (χ1n) is 7.80. The molecule has 1 aliphatic rings. The Morgan fingerprint density at radius 1 is 1.12 bits per heavy atom. The summed E-state index contributed by atoms with van der Waals surface area (Å²) in [6, 6.07) is 10.0. The molecule has 122 valence electrons. The molecule has 24 heavy (non-hydrogen) atoms. The van der Waals surface area contributed by atoms with Crippen molar-refractivity contribution in [3.63, 3.8) is 0 Å². The summed E-state index contributed by atoms with van der Waals surface area (Å²) in [5, 5.41) is 0. The minimum absolute atomic E-state index is 0.0878. The zero-order chi connectivity index (χ0) is 16.7. The van der Waals surface area contributed by atoms with Crippen LogP contribution in [0.4, 0.5) is 8.78 Å². The van der Waals surface area contributed by atoms with Gasteiger partial charge in [-0.15, -0.1) is 0 Å². The number of benzene rings is 2. The van der Waals surface area contributed by atoms with Crippen molar-refractivity contribution in [1.82, 2.24) is 14.9 Å². The van der Waals surface area contributed by atoms with Gasteiger partial charge in [0.05, 0.1) is 11.0 Å². The van der Waals surface area contributed by atoms with E-state index in [1.54, 1.807) is 11.0 Å². The molecule has 2 aromatic carbocycles. The van der Waals surface area contributed by atoms with Crippen LogP contribution in [0.5, 0.6) is 0 Å². The second-order valence-corrected chi connectivity index (χ2v) is 6.03. The van der Waals surface area contributed by atoms with Gasteiger partial charge in [-0.2, -0.15) is 0 Å². The molecule has 1 saturated heterocycles. The van der Waals surface area contributed by atoms with E-state index in [4.69, 9.17) is 0 Å². The number of aromatic amines is 1. The molecule has 0 spiro atoms. The molecule has 1 aromatic heterocycles. The largest absolute Gasteiger partial charge is 0.342 e. The number of imidazole rings is 1. The van der Waals surface area contributed by atoms with Crippen LogP contribution in [0.2, 0.25) is 0 Å². The monoisotopic (exact) mass is 327 g/mol. The molecule has 0 saturated carbocycles. The minimum atomic E-state index is -0.361. The average Bonchev–Trinajstić information content (AvgIpc) is 3.21. The Bertz CT molecular complexity index is 904. The lowest BCUT2D eigenvalue weighted by Crippen LogP contribution is -2.28. The van der Waals surface area contributed by atoms with Crippen molar-refractivity contribution < 1.29 is 13.6 Å². The first-order valence-corrected chi connectivity index (χ1v) is 7.80. The third-order valence-electron chi connectivity index (χ3n) is 4.42. The highest BCUT2D eigenvalue weighted by atomic mass is 19.1. The van der Waals surface area contributed by atoms with E-state index < -0.39 is 0 Å². The molecule has 1 amide bonds. The van der Waals surface area contributed by atoms with Crippen molar-refractivity contribution in [2.45, 2.75) is 12.3 Å². The Morgan fingerprint density at radius 3 is 2.67 bits per heavy atom. The lowest BCUT2D eigenvalue weighted by Gasteiger charge is -2.16. The Hall–Kier alpha value is -2.76. The van der Waals surface area contributed by atoms with E-state index in [2.05, 4.69) is 9.97 Å². The van der Waals surface area contributed by atoms with Crippen LogP contribution < -0.4 is 0 Å². The van der Waals surface area contributed by atoms with Crippen molar-refractivity contribution in [3.8, 4) is 0 Å². The fraction of sp³-hybridized carbons (Fsp3) is 0.222. The van der Waals surface area contributed by atoms with Gasteiger partial charge in [0.25, 0.3) is 5.91 Å². The summed E-state index contributed by atoms with van der Waals surface area (Å²) in [6.45, 7) is 1.16. The van der Waals surface area contributed by atoms with E-state index in [0.717, 1.165) is 17.8 Å². The van der Waals surface area contributed by atoms with E-state index in [0.29, 0.717) is 24.2 Å². The topological polar surface area (TPSA) is 49.0 Å². The zero-order valence-corrected chi connectivity index (χ0v) is 12.8. The van der Waals surface area contributed by atoms with Crippen molar-refractivity contribution >= 4 is 16.9 Å². The van der Waals surface area contributed by atoms with Crippen molar-refractivity contribution in [3.05, 3.63) is 65.5 Å². The maximum atomic E-state index is 13.3. The summed E-state index contributed by atoms with van der Waals surface area (Å²) in [4.78, 5) is 21.9. The summed E-state index contributed by atoms with van der Waals surface area (Å²) in [7, 11) is 0. The molecule has 1 fully saturated rings. The highest BCUT2D eigenvalue weighted by molar-refractivity contribution is 5.94. The Morgan fingerprint density at radius 2 is 1.88 bits per heavy atom. The molecule has 4 nitrogen and oxygen atoms in total. The number of rotatable bonds is 2. The number of fused-ring (bicyclic) bond motifs is 1. The van der Waals surface area contributed by atoms with Gasteiger partial charge in [0.2, 0.25) is 0 Å². The molecule has 1 atom stereocenters. The number of carbonyl (C=O) groups excluding carboxylic acids is 1. The standard InChI is InChI=1S/C18H15F2N3O/c19-13-3-1-11(2-4-13)18(24)23-8-7-12(10-23)17-21-15-6-5-14(20)9-16(15)22-17/h1-6,9,12H,7-8,10H2,(H,21,22). The van der Waals surface area contributed by atoms with Gasteiger partial charge in [0.1, 0.15) is 17.5 Å². The molecular weight excluding hydrogens is 312 g/mol. The van der Waals surface area contributed by atoms with Crippen LogP contribution in [0.1, 0.15) is 28.5 Å². The number of likely N-dealkylation sites (tertiary alicyclic amines) is 1.